The molecule has 0 saturated heterocycles. The fourth-order valence-corrected chi connectivity index (χ4v) is 2.73. The zero-order valence-corrected chi connectivity index (χ0v) is 16.7. The van der Waals surface area contributed by atoms with E-state index in [1.165, 1.54) is 11.8 Å². The summed E-state index contributed by atoms with van der Waals surface area (Å²) >= 11 is 1.30. The number of nitrogens with zero attached hydrogens (tertiary/aromatic N) is 2. The van der Waals surface area contributed by atoms with E-state index in [2.05, 4.69) is 21.4 Å². The van der Waals surface area contributed by atoms with Crippen molar-refractivity contribution in [2.24, 2.45) is 5.16 Å². The zero-order valence-electron chi connectivity index (χ0n) is 15.9. The first kappa shape index (κ1) is 20.6. The van der Waals surface area contributed by atoms with Crippen LogP contribution in [0.2, 0.25) is 0 Å². The molecule has 1 unspecified atom stereocenters. The molecule has 0 saturated carbocycles. The lowest BCUT2D eigenvalue weighted by molar-refractivity contribution is -0.125. The molecular formula is C20H23N3O3S. The molecule has 1 amide bonds. The number of nitrogens with one attached hydrogen (secondary N) is 1. The van der Waals surface area contributed by atoms with Crippen LogP contribution in [-0.2, 0) is 9.63 Å². The second-order valence-corrected chi connectivity index (χ2v) is 7.17. The number of aromatic nitrogens is 1. The van der Waals surface area contributed by atoms with Gasteiger partial charge in [-0.25, -0.2) is 0 Å². The SMILES string of the molecule is C#Cc1cnc2ccc(OC(SC)C(=O)NC(C)(C)C=NOCC)cc2c1. The molecule has 0 aliphatic carbocycles. The normalized spacial score (nSPS) is 12.6. The van der Waals surface area contributed by atoms with E-state index in [4.69, 9.17) is 16.0 Å². The van der Waals surface area contributed by atoms with Gasteiger partial charge in [0.05, 0.1) is 17.3 Å². The number of thioether (sulfide) groups is 1. The minimum absolute atomic E-state index is 0.258. The van der Waals surface area contributed by atoms with E-state index in [9.17, 15) is 4.79 Å². The van der Waals surface area contributed by atoms with Crippen LogP contribution in [0.5, 0.6) is 5.75 Å². The van der Waals surface area contributed by atoms with Crippen molar-refractivity contribution in [3.63, 3.8) is 0 Å². The molecule has 6 nitrogen and oxygen atoms in total. The number of fused-ring (bicyclic) bond motifs is 1. The average Bonchev–Trinajstić information content (AvgIpc) is 2.65. The minimum Gasteiger partial charge on any atom is -0.470 e. The maximum absolute atomic E-state index is 12.6. The van der Waals surface area contributed by atoms with Crippen molar-refractivity contribution in [3.8, 4) is 18.1 Å². The Balaban J connectivity index is 2.12. The summed E-state index contributed by atoms with van der Waals surface area (Å²) in [5.74, 6) is 2.87. The molecule has 2 rings (SSSR count). The Morgan fingerprint density at radius 1 is 1.48 bits per heavy atom. The van der Waals surface area contributed by atoms with Crippen LogP contribution in [0.15, 0.2) is 35.6 Å². The molecule has 0 spiro atoms. The fraction of sp³-hybridized carbons (Fsp3) is 0.350. The molecule has 1 N–H and O–H groups in total. The minimum atomic E-state index is -0.717. The van der Waals surface area contributed by atoms with Crippen LogP contribution in [0.4, 0.5) is 0 Å². The van der Waals surface area contributed by atoms with E-state index in [-0.39, 0.29) is 5.91 Å². The molecular weight excluding hydrogens is 362 g/mol. The Hall–Kier alpha value is -2.72. The number of ether oxygens (including phenoxy) is 1. The highest BCUT2D eigenvalue weighted by atomic mass is 32.2. The van der Waals surface area contributed by atoms with Crippen LogP contribution in [0.1, 0.15) is 26.3 Å². The van der Waals surface area contributed by atoms with Gasteiger partial charge in [0.2, 0.25) is 5.44 Å². The molecule has 142 valence electrons. The number of amides is 1. The summed E-state index contributed by atoms with van der Waals surface area (Å²) in [6.07, 6.45) is 10.4. The summed E-state index contributed by atoms with van der Waals surface area (Å²) in [7, 11) is 0. The Morgan fingerprint density at radius 3 is 2.93 bits per heavy atom. The lowest BCUT2D eigenvalue weighted by Crippen LogP contribution is -2.49. The van der Waals surface area contributed by atoms with Gasteiger partial charge in [-0.05, 0) is 51.3 Å². The Kier molecular flexibility index (Phi) is 7.08. The van der Waals surface area contributed by atoms with Gasteiger partial charge >= 0.3 is 0 Å². The highest BCUT2D eigenvalue weighted by molar-refractivity contribution is 7.99. The number of benzene rings is 1. The van der Waals surface area contributed by atoms with Gasteiger partial charge in [-0.1, -0.05) is 11.1 Å². The summed E-state index contributed by atoms with van der Waals surface area (Å²) in [5.41, 5.74) is 0.110. The van der Waals surface area contributed by atoms with E-state index in [0.717, 1.165) is 10.9 Å². The molecule has 27 heavy (non-hydrogen) atoms. The third-order valence-corrected chi connectivity index (χ3v) is 4.25. The van der Waals surface area contributed by atoms with Crippen molar-refractivity contribution in [3.05, 3.63) is 36.0 Å². The quantitative estimate of drug-likeness (QED) is 0.327. The first-order valence-electron chi connectivity index (χ1n) is 8.43. The second-order valence-electron chi connectivity index (χ2n) is 6.27. The molecule has 0 aliphatic heterocycles. The molecule has 1 heterocycles. The first-order valence-corrected chi connectivity index (χ1v) is 9.71. The lowest BCUT2D eigenvalue weighted by Gasteiger charge is -2.24. The van der Waals surface area contributed by atoms with Crippen LogP contribution >= 0.6 is 11.8 Å². The van der Waals surface area contributed by atoms with E-state index < -0.39 is 11.0 Å². The molecule has 7 heteroatoms. The number of carbonyl (C=O) groups is 1. The molecule has 0 bridgehead atoms. The smallest absolute Gasteiger partial charge is 0.272 e. The summed E-state index contributed by atoms with van der Waals surface area (Å²) < 4.78 is 5.87. The van der Waals surface area contributed by atoms with Crippen LogP contribution < -0.4 is 10.1 Å². The van der Waals surface area contributed by atoms with Gasteiger partial charge in [-0.15, -0.1) is 18.2 Å². The van der Waals surface area contributed by atoms with Gasteiger partial charge in [0.1, 0.15) is 12.4 Å². The van der Waals surface area contributed by atoms with Crippen molar-refractivity contribution in [1.29, 1.82) is 0 Å². The van der Waals surface area contributed by atoms with Crippen molar-refractivity contribution in [2.45, 2.75) is 31.7 Å². The number of carbonyl (C=O) groups excluding carboxylic acids is 1. The summed E-state index contributed by atoms with van der Waals surface area (Å²) in [6, 6.07) is 7.29. The van der Waals surface area contributed by atoms with Gasteiger partial charge < -0.3 is 14.9 Å². The van der Waals surface area contributed by atoms with E-state index in [1.807, 2.05) is 45.2 Å². The number of hydrogen-bond acceptors (Lipinski definition) is 6. The monoisotopic (exact) mass is 385 g/mol. The highest BCUT2D eigenvalue weighted by Crippen LogP contribution is 2.23. The number of hydrogen-bond donors (Lipinski definition) is 1. The van der Waals surface area contributed by atoms with Crippen molar-refractivity contribution < 1.29 is 14.4 Å². The van der Waals surface area contributed by atoms with Crippen LogP contribution in [0.3, 0.4) is 0 Å². The summed E-state index contributed by atoms with van der Waals surface area (Å²) in [6.45, 7) is 5.96. The Labute approximate surface area is 163 Å². The number of rotatable bonds is 8. The maximum Gasteiger partial charge on any atom is 0.272 e. The standard InChI is InChI=1S/C20H23N3O3S/c1-6-14-10-15-11-16(8-9-17(15)21-12-14)26-19(27-5)18(24)23-20(3,4)13-22-25-7-2/h1,8-13,19H,7H2,2-5H3,(H,23,24). The molecule has 0 fully saturated rings. The molecule has 1 aromatic heterocycles. The molecule has 2 aromatic rings. The van der Waals surface area contributed by atoms with Crippen LogP contribution in [0, 0.1) is 12.3 Å². The van der Waals surface area contributed by atoms with Gasteiger partial charge in [0.25, 0.3) is 5.91 Å². The van der Waals surface area contributed by atoms with Gasteiger partial charge in [0, 0.05) is 17.1 Å². The lowest BCUT2D eigenvalue weighted by atomic mass is 10.1. The summed E-state index contributed by atoms with van der Waals surface area (Å²) in [5, 5.41) is 7.57. The topological polar surface area (TPSA) is 72.8 Å². The largest absolute Gasteiger partial charge is 0.470 e. The van der Waals surface area contributed by atoms with Crippen LogP contribution in [0.25, 0.3) is 10.9 Å². The summed E-state index contributed by atoms with van der Waals surface area (Å²) in [4.78, 5) is 21.9. The van der Waals surface area contributed by atoms with E-state index in [0.29, 0.717) is 17.9 Å². The van der Waals surface area contributed by atoms with Crippen LogP contribution in [-0.4, -0.2) is 40.9 Å². The van der Waals surface area contributed by atoms with Crippen molar-refractivity contribution >= 4 is 34.8 Å². The van der Waals surface area contributed by atoms with Gasteiger partial charge in [-0.3, -0.25) is 9.78 Å². The zero-order chi connectivity index (χ0) is 19.9. The average molecular weight is 385 g/mol. The predicted octanol–water partition coefficient (Wildman–Crippen LogP) is 3.20. The van der Waals surface area contributed by atoms with Crippen molar-refractivity contribution in [1.82, 2.24) is 10.3 Å². The molecule has 0 radical (unpaired) electrons. The van der Waals surface area contributed by atoms with E-state index in [1.54, 1.807) is 18.5 Å². The molecule has 1 aromatic carbocycles. The third-order valence-electron chi connectivity index (χ3n) is 3.52. The third kappa shape index (κ3) is 5.90. The predicted molar refractivity (Wildman–Crippen MR) is 110 cm³/mol. The Bertz CT molecular complexity index is 874. The maximum atomic E-state index is 12.6. The highest BCUT2D eigenvalue weighted by Gasteiger charge is 2.26. The number of pyridine rings is 1. The number of terminal acetylenes is 1. The van der Waals surface area contributed by atoms with Crippen molar-refractivity contribution in [2.75, 3.05) is 12.9 Å². The van der Waals surface area contributed by atoms with Gasteiger partial charge in [-0.2, -0.15) is 0 Å². The second kappa shape index (κ2) is 9.28. The fourth-order valence-electron chi connectivity index (χ4n) is 2.25. The Morgan fingerprint density at radius 2 is 2.26 bits per heavy atom. The first-order chi connectivity index (χ1) is 12.9. The van der Waals surface area contributed by atoms with E-state index >= 15 is 0 Å². The molecule has 0 aliphatic rings. The molecule has 1 atom stereocenters. The van der Waals surface area contributed by atoms with Gasteiger partial charge in [0.15, 0.2) is 0 Å². The number of oxime groups is 1.